The van der Waals surface area contributed by atoms with Gasteiger partial charge in [0, 0.05) is 25.2 Å². The molecule has 36 heavy (non-hydrogen) atoms. The van der Waals surface area contributed by atoms with Crippen molar-refractivity contribution >= 4 is 11.9 Å². The number of aromatic hydroxyl groups is 1. The van der Waals surface area contributed by atoms with E-state index in [-0.39, 0.29) is 48.4 Å². The summed E-state index contributed by atoms with van der Waals surface area (Å²) >= 11 is 0. The molecule has 0 bridgehead atoms. The van der Waals surface area contributed by atoms with Gasteiger partial charge in [-0.1, -0.05) is 0 Å². The summed E-state index contributed by atoms with van der Waals surface area (Å²) in [6.45, 7) is 2.00. The van der Waals surface area contributed by atoms with E-state index < -0.39 is 12.0 Å². The number of nitrogens with one attached hydrogen (secondary N) is 1. The number of rotatable bonds is 9. The maximum atomic E-state index is 12.8. The van der Waals surface area contributed by atoms with Crippen molar-refractivity contribution in [2.24, 2.45) is 11.7 Å². The van der Waals surface area contributed by atoms with Crippen molar-refractivity contribution in [3.63, 3.8) is 0 Å². The fraction of sp³-hybridized carbons (Fsp3) is 0.462. The molecule has 1 heterocycles. The first-order valence-electron chi connectivity index (χ1n) is 11.9. The highest BCUT2D eigenvalue weighted by Gasteiger charge is 2.39. The van der Waals surface area contributed by atoms with Crippen molar-refractivity contribution in [3.05, 3.63) is 41.0 Å². The number of fused-ring (bicyclic) bond motifs is 2. The predicted molar refractivity (Wildman–Crippen MR) is 130 cm³/mol. The summed E-state index contributed by atoms with van der Waals surface area (Å²) in [7, 11) is 2.95. The van der Waals surface area contributed by atoms with E-state index >= 15 is 0 Å². The van der Waals surface area contributed by atoms with Crippen LogP contribution < -0.4 is 30.0 Å². The smallest absolute Gasteiger partial charge is 0.302 e. The molecule has 4 N–H and O–H groups in total. The van der Waals surface area contributed by atoms with Crippen LogP contribution in [0.1, 0.15) is 54.8 Å². The minimum absolute atomic E-state index is 0.0908. The lowest BCUT2D eigenvalue weighted by atomic mass is 9.71. The third-order valence-electron chi connectivity index (χ3n) is 6.63. The van der Waals surface area contributed by atoms with Gasteiger partial charge in [0.1, 0.15) is 0 Å². The molecular weight excluding hydrogens is 468 g/mol. The van der Waals surface area contributed by atoms with Gasteiger partial charge in [0.2, 0.25) is 18.4 Å². The highest BCUT2D eigenvalue weighted by atomic mass is 16.7. The zero-order chi connectivity index (χ0) is 25.8. The van der Waals surface area contributed by atoms with Crippen molar-refractivity contribution in [3.8, 4) is 28.7 Å². The standard InChI is InChI=1S/C26H32N2O8/c1-14(29)34-12-16-7-17(15-8-22(32-2)26(31)23(9-15)33-3)18-10-20-21(36-13-35-20)11-19(18)25(16)28-24(30)5-4-6-27/h8-11,16-17,25,31H,4-7,12-13,27H2,1-3H3,(H,28,30). The highest BCUT2D eigenvalue weighted by molar-refractivity contribution is 5.77. The molecular formula is C26H32N2O8. The normalized spacial score (nSPS) is 19.8. The van der Waals surface area contributed by atoms with E-state index in [1.54, 1.807) is 12.1 Å². The first-order valence-corrected chi connectivity index (χ1v) is 11.9. The van der Waals surface area contributed by atoms with Crippen LogP contribution >= 0.6 is 0 Å². The van der Waals surface area contributed by atoms with E-state index in [0.29, 0.717) is 37.3 Å². The first-order chi connectivity index (χ1) is 17.4. The molecule has 3 unspecified atom stereocenters. The van der Waals surface area contributed by atoms with Crippen LogP contribution in [0.15, 0.2) is 24.3 Å². The van der Waals surface area contributed by atoms with Crippen LogP contribution in [-0.2, 0) is 14.3 Å². The molecule has 10 nitrogen and oxygen atoms in total. The Bertz CT molecular complexity index is 1110. The molecule has 0 saturated carbocycles. The Morgan fingerprint density at radius 2 is 1.72 bits per heavy atom. The van der Waals surface area contributed by atoms with Crippen molar-refractivity contribution in [2.45, 2.75) is 38.1 Å². The van der Waals surface area contributed by atoms with Gasteiger partial charge < -0.3 is 39.8 Å². The number of carbonyl (C=O) groups excluding carboxylic acids is 2. The largest absolute Gasteiger partial charge is 0.502 e. The molecule has 194 valence electrons. The van der Waals surface area contributed by atoms with Crippen molar-refractivity contribution < 1.29 is 38.4 Å². The molecule has 4 rings (SSSR count). The molecule has 2 aromatic carbocycles. The molecule has 2 aliphatic rings. The summed E-state index contributed by atoms with van der Waals surface area (Å²) < 4.78 is 27.5. The van der Waals surface area contributed by atoms with E-state index in [0.717, 1.165) is 16.7 Å². The zero-order valence-electron chi connectivity index (χ0n) is 20.7. The third-order valence-corrected chi connectivity index (χ3v) is 6.63. The van der Waals surface area contributed by atoms with Gasteiger partial charge in [-0.05, 0) is 60.3 Å². The van der Waals surface area contributed by atoms with Gasteiger partial charge in [0.05, 0.1) is 26.9 Å². The fourth-order valence-corrected chi connectivity index (χ4v) is 4.89. The number of benzene rings is 2. The molecule has 10 heteroatoms. The van der Waals surface area contributed by atoms with E-state index in [1.807, 2.05) is 12.1 Å². The fourth-order valence-electron chi connectivity index (χ4n) is 4.89. The molecule has 0 fully saturated rings. The number of nitrogens with two attached hydrogens (primary N) is 1. The quantitative estimate of drug-likeness (QED) is 0.444. The van der Waals surface area contributed by atoms with Crippen LogP contribution in [0.3, 0.4) is 0 Å². The van der Waals surface area contributed by atoms with Gasteiger partial charge in [-0.2, -0.15) is 0 Å². The van der Waals surface area contributed by atoms with Gasteiger partial charge in [0.25, 0.3) is 0 Å². The minimum atomic E-state index is -0.420. The number of carbonyl (C=O) groups is 2. The van der Waals surface area contributed by atoms with Crippen LogP contribution in [0.4, 0.5) is 0 Å². The second-order valence-electron chi connectivity index (χ2n) is 8.90. The Morgan fingerprint density at radius 3 is 2.31 bits per heavy atom. The maximum Gasteiger partial charge on any atom is 0.302 e. The number of methoxy groups -OCH3 is 2. The predicted octanol–water partition coefficient (Wildman–Crippen LogP) is 2.75. The number of phenols is 1. The molecule has 2 aromatic rings. The molecule has 3 atom stereocenters. The second kappa shape index (κ2) is 10.9. The number of ether oxygens (including phenoxy) is 5. The van der Waals surface area contributed by atoms with Gasteiger partial charge in [0.15, 0.2) is 23.0 Å². The minimum Gasteiger partial charge on any atom is -0.502 e. The summed E-state index contributed by atoms with van der Waals surface area (Å²) in [5.41, 5.74) is 8.20. The third kappa shape index (κ3) is 5.13. The van der Waals surface area contributed by atoms with E-state index in [9.17, 15) is 14.7 Å². The van der Waals surface area contributed by atoms with Gasteiger partial charge >= 0.3 is 5.97 Å². The second-order valence-corrected chi connectivity index (χ2v) is 8.90. The van der Waals surface area contributed by atoms with Crippen LogP contribution in [0.2, 0.25) is 0 Å². The zero-order valence-corrected chi connectivity index (χ0v) is 20.7. The number of esters is 1. The molecule has 1 aliphatic carbocycles. The Morgan fingerprint density at radius 1 is 1.08 bits per heavy atom. The molecule has 1 aliphatic heterocycles. The van der Waals surface area contributed by atoms with Gasteiger partial charge in [-0.25, -0.2) is 0 Å². The van der Waals surface area contributed by atoms with Crippen LogP contribution in [-0.4, -0.2) is 51.1 Å². The SMILES string of the molecule is COc1cc(C2CC(COC(C)=O)C(NC(=O)CCCN)c3cc4c(cc32)OCO4)cc(OC)c1O. The van der Waals surface area contributed by atoms with Crippen molar-refractivity contribution in [1.82, 2.24) is 5.32 Å². The molecule has 0 saturated heterocycles. The summed E-state index contributed by atoms with van der Waals surface area (Å²) in [6.07, 6.45) is 1.40. The molecule has 1 amide bonds. The van der Waals surface area contributed by atoms with Crippen LogP contribution in [0, 0.1) is 5.92 Å². The topological polar surface area (TPSA) is 139 Å². The average molecular weight is 501 g/mol. The molecule has 0 aromatic heterocycles. The summed E-state index contributed by atoms with van der Waals surface area (Å²) in [5.74, 6) is 0.700. The van der Waals surface area contributed by atoms with Gasteiger partial charge in [-0.3, -0.25) is 9.59 Å². The molecule has 0 radical (unpaired) electrons. The van der Waals surface area contributed by atoms with Crippen LogP contribution in [0.5, 0.6) is 28.7 Å². The summed E-state index contributed by atoms with van der Waals surface area (Å²) in [4.78, 5) is 24.5. The Balaban J connectivity index is 1.82. The lowest BCUT2D eigenvalue weighted by molar-refractivity contribution is -0.142. The van der Waals surface area contributed by atoms with Crippen LogP contribution in [0.25, 0.3) is 0 Å². The first kappa shape index (κ1) is 25.4. The average Bonchev–Trinajstić information content (AvgIpc) is 3.33. The monoisotopic (exact) mass is 500 g/mol. The number of phenolic OH excluding ortho intramolecular Hbond substituents is 1. The van der Waals surface area contributed by atoms with Gasteiger partial charge in [-0.15, -0.1) is 0 Å². The Kier molecular flexibility index (Phi) is 7.73. The van der Waals surface area contributed by atoms with E-state index in [2.05, 4.69) is 5.32 Å². The Hall–Kier alpha value is -3.66. The summed E-state index contributed by atoms with van der Waals surface area (Å²) in [6, 6.07) is 6.92. The van der Waals surface area contributed by atoms with E-state index in [4.69, 9.17) is 29.4 Å². The highest BCUT2D eigenvalue weighted by Crippen LogP contribution is 2.51. The van der Waals surface area contributed by atoms with E-state index in [1.165, 1.54) is 21.1 Å². The number of hydrogen-bond acceptors (Lipinski definition) is 9. The number of hydrogen-bond donors (Lipinski definition) is 3. The number of amides is 1. The summed E-state index contributed by atoms with van der Waals surface area (Å²) in [5, 5.41) is 13.6. The lowest BCUT2D eigenvalue weighted by Gasteiger charge is -2.39. The molecule has 0 spiro atoms. The Labute approximate surface area is 209 Å². The lowest BCUT2D eigenvalue weighted by Crippen LogP contribution is -2.39. The van der Waals surface area contributed by atoms with Crippen molar-refractivity contribution in [1.29, 1.82) is 0 Å². The van der Waals surface area contributed by atoms with Crippen molar-refractivity contribution in [2.75, 3.05) is 34.2 Å². The maximum absolute atomic E-state index is 12.8.